The van der Waals surface area contributed by atoms with Crippen molar-refractivity contribution in [2.45, 2.75) is 48.3 Å². The number of carbonyl (C=O) groups excluding carboxylic acids is 2. The average molecular weight is 457 g/mol. The van der Waals surface area contributed by atoms with Crippen LogP contribution in [0, 0.1) is 5.92 Å². The Morgan fingerprint density at radius 1 is 1.06 bits per heavy atom. The van der Waals surface area contributed by atoms with Gasteiger partial charge in [-0.2, -0.15) is 0 Å². The molecule has 1 aliphatic heterocycles. The summed E-state index contributed by atoms with van der Waals surface area (Å²) >= 11 is 7.98. The maximum absolute atomic E-state index is 13.0. The smallest absolute Gasteiger partial charge is 0.233 e. The summed E-state index contributed by atoms with van der Waals surface area (Å²) in [5, 5.41) is 6.08. The second-order valence-corrected chi connectivity index (χ2v) is 10.2. The number of hydrogen-bond acceptors (Lipinski definition) is 3. The molecule has 1 saturated heterocycles. The highest BCUT2D eigenvalue weighted by Crippen LogP contribution is 2.46. The number of alkyl halides is 1. The van der Waals surface area contributed by atoms with Gasteiger partial charge in [0.1, 0.15) is 0 Å². The van der Waals surface area contributed by atoms with Gasteiger partial charge < -0.3 is 10.6 Å². The van der Waals surface area contributed by atoms with Gasteiger partial charge in [-0.05, 0) is 42.7 Å². The third kappa shape index (κ3) is 5.64. The molecular weight excluding hydrogens is 428 g/mol. The molecule has 5 unspecified atom stereocenters. The molecule has 164 valence electrons. The van der Waals surface area contributed by atoms with E-state index in [1.54, 1.807) is 0 Å². The van der Waals surface area contributed by atoms with Crippen LogP contribution in [0.15, 0.2) is 60.7 Å². The van der Waals surface area contributed by atoms with E-state index in [2.05, 4.69) is 34.9 Å². The lowest BCUT2D eigenvalue weighted by molar-refractivity contribution is -0.125. The van der Waals surface area contributed by atoms with E-state index >= 15 is 0 Å². The van der Waals surface area contributed by atoms with Crippen LogP contribution in [0.3, 0.4) is 0 Å². The quantitative estimate of drug-likeness (QED) is 0.615. The van der Waals surface area contributed by atoms with Gasteiger partial charge in [0.05, 0.1) is 11.0 Å². The Bertz CT molecular complexity index is 880. The van der Waals surface area contributed by atoms with E-state index in [0.29, 0.717) is 12.5 Å². The fourth-order valence-electron chi connectivity index (χ4n) is 4.86. The molecule has 2 aromatic carbocycles. The summed E-state index contributed by atoms with van der Waals surface area (Å²) in [5.41, 5.74) is 2.37. The number of halogens is 1. The minimum absolute atomic E-state index is 0.0264. The van der Waals surface area contributed by atoms with Crippen LogP contribution in [-0.2, 0) is 16.0 Å². The Kier molecular flexibility index (Phi) is 7.57. The summed E-state index contributed by atoms with van der Waals surface area (Å²) in [4.78, 5) is 25.5. The van der Waals surface area contributed by atoms with Crippen molar-refractivity contribution in [3.63, 3.8) is 0 Å². The number of thioether (sulfide) groups is 1. The number of amides is 2. The molecule has 2 aliphatic rings. The molecule has 1 saturated carbocycles. The van der Waals surface area contributed by atoms with Gasteiger partial charge in [0.2, 0.25) is 11.8 Å². The first-order valence-electron chi connectivity index (χ1n) is 11.0. The van der Waals surface area contributed by atoms with Crippen molar-refractivity contribution < 1.29 is 9.59 Å². The molecule has 1 aliphatic carbocycles. The molecule has 4 nitrogen and oxygen atoms in total. The monoisotopic (exact) mass is 456 g/mol. The minimum Gasteiger partial charge on any atom is -0.355 e. The molecular formula is C25H29ClN2O2S. The molecule has 2 N–H and O–H groups in total. The second-order valence-electron chi connectivity index (χ2n) is 8.44. The van der Waals surface area contributed by atoms with Crippen LogP contribution in [-0.4, -0.2) is 40.8 Å². The van der Waals surface area contributed by atoms with Crippen molar-refractivity contribution in [3.8, 4) is 0 Å². The van der Waals surface area contributed by atoms with Gasteiger partial charge in [0.15, 0.2) is 0 Å². The predicted octanol–water partition coefficient (Wildman–Crippen LogP) is 4.14. The maximum atomic E-state index is 13.0. The highest BCUT2D eigenvalue weighted by atomic mass is 35.5. The highest BCUT2D eigenvalue weighted by Gasteiger charge is 2.47. The van der Waals surface area contributed by atoms with Crippen molar-refractivity contribution in [2.24, 2.45) is 5.92 Å². The zero-order chi connectivity index (χ0) is 21.6. The standard InChI is InChI=1S/C25H29ClN2O2S/c26-19-11-12-21-20(15-19)23(18-9-5-2-6-10-18)24(25(30)28-21)31-16-22(29)27-14-13-17-7-3-1-4-8-17/h1-10,19-21,23-24H,11-16H2,(H,27,29)(H,28,30). The number of nitrogens with one attached hydrogen (secondary N) is 2. The molecule has 1 heterocycles. The highest BCUT2D eigenvalue weighted by molar-refractivity contribution is 8.01. The predicted molar refractivity (Wildman–Crippen MR) is 127 cm³/mol. The Labute approximate surface area is 193 Å². The number of benzene rings is 2. The van der Waals surface area contributed by atoms with Gasteiger partial charge in [0, 0.05) is 23.9 Å². The van der Waals surface area contributed by atoms with E-state index in [4.69, 9.17) is 11.6 Å². The fourth-order valence-corrected chi connectivity index (χ4v) is 6.41. The number of carbonyl (C=O) groups is 2. The molecule has 0 spiro atoms. The van der Waals surface area contributed by atoms with E-state index in [9.17, 15) is 9.59 Å². The van der Waals surface area contributed by atoms with E-state index < -0.39 is 0 Å². The third-order valence-electron chi connectivity index (χ3n) is 6.37. The number of piperidine rings is 1. The van der Waals surface area contributed by atoms with Crippen LogP contribution in [0.1, 0.15) is 36.3 Å². The largest absolute Gasteiger partial charge is 0.355 e. The Hall–Kier alpha value is -1.98. The number of hydrogen-bond donors (Lipinski definition) is 2. The van der Waals surface area contributed by atoms with Crippen LogP contribution in [0.2, 0.25) is 0 Å². The maximum Gasteiger partial charge on any atom is 0.233 e. The molecule has 4 rings (SSSR count). The zero-order valence-electron chi connectivity index (χ0n) is 17.5. The molecule has 2 amide bonds. The van der Waals surface area contributed by atoms with E-state index in [1.807, 2.05) is 36.4 Å². The van der Waals surface area contributed by atoms with Crippen molar-refractivity contribution in [2.75, 3.05) is 12.3 Å². The lowest BCUT2D eigenvalue weighted by Crippen LogP contribution is -2.57. The first-order chi connectivity index (χ1) is 15.1. The van der Waals surface area contributed by atoms with Gasteiger partial charge in [-0.25, -0.2) is 0 Å². The summed E-state index contributed by atoms with van der Waals surface area (Å²) in [6.07, 6.45) is 3.55. The molecule has 5 atom stereocenters. The average Bonchev–Trinajstić information content (AvgIpc) is 2.79. The molecule has 2 aromatic rings. The first kappa shape index (κ1) is 22.2. The summed E-state index contributed by atoms with van der Waals surface area (Å²) < 4.78 is 0. The molecule has 0 bridgehead atoms. The van der Waals surface area contributed by atoms with E-state index in [1.165, 1.54) is 22.9 Å². The van der Waals surface area contributed by atoms with Crippen molar-refractivity contribution in [1.29, 1.82) is 0 Å². The Morgan fingerprint density at radius 3 is 2.52 bits per heavy atom. The SMILES string of the molecule is O=C(CSC1C(=O)NC2CCC(Cl)CC2C1c1ccccc1)NCCc1ccccc1. The van der Waals surface area contributed by atoms with Crippen LogP contribution in [0.25, 0.3) is 0 Å². The van der Waals surface area contributed by atoms with Gasteiger partial charge >= 0.3 is 0 Å². The van der Waals surface area contributed by atoms with Crippen LogP contribution in [0.4, 0.5) is 0 Å². The molecule has 0 radical (unpaired) electrons. The van der Waals surface area contributed by atoms with Gasteiger partial charge in [0.25, 0.3) is 0 Å². The van der Waals surface area contributed by atoms with Crippen molar-refractivity contribution in [3.05, 3.63) is 71.8 Å². The molecule has 0 aromatic heterocycles. The minimum atomic E-state index is -0.287. The summed E-state index contributed by atoms with van der Waals surface area (Å²) in [6.45, 7) is 0.598. The number of fused-ring (bicyclic) bond motifs is 1. The lowest BCUT2D eigenvalue weighted by Gasteiger charge is -2.46. The lowest BCUT2D eigenvalue weighted by atomic mass is 9.69. The summed E-state index contributed by atoms with van der Waals surface area (Å²) in [7, 11) is 0. The van der Waals surface area contributed by atoms with Crippen molar-refractivity contribution >= 4 is 35.2 Å². The molecule has 6 heteroatoms. The number of rotatable bonds is 7. The topological polar surface area (TPSA) is 58.2 Å². The third-order valence-corrected chi connectivity index (χ3v) is 8.06. The van der Waals surface area contributed by atoms with E-state index in [-0.39, 0.29) is 40.2 Å². The normalized spacial score (nSPS) is 27.8. The van der Waals surface area contributed by atoms with Crippen LogP contribution >= 0.6 is 23.4 Å². The van der Waals surface area contributed by atoms with Gasteiger partial charge in [-0.1, -0.05) is 60.7 Å². The summed E-state index contributed by atoms with van der Waals surface area (Å²) in [5.74, 6) is 0.670. The van der Waals surface area contributed by atoms with Gasteiger partial charge in [-0.15, -0.1) is 23.4 Å². The molecule has 2 fully saturated rings. The fraction of sp³-hybridized carbons (Fsp3) is 0.440. The Balaban J connectivity index is 1.40. The summed E-state index contributed by atoms with van der Waals surface area (Å²) in [6, 6.07) is 20.5. The van der Waals surface area contributed by atoms with E-state index in [0.717, 1.165) is 25.7 Å². The second kappa shape index (κ2) is 10.6. The molecule has 31 heavy (non-hydrogen) atoms. The van der Waals surface area contributed by atoms with Crippen molar-refractivity contribution in [1.82, 2.24) is 10.6 Å². The first-order valence-corrected chi connectivity index (χ1v) is 12.5. The van der Waals surface area contributed by atoms with Gasteiger partial charge in [-0.3, -0.25) is 9.59 Å². The van der Waals surface area contributed by atoms with Crippen LogP contribution in [0.5, 0.6) is 0 Å². The zero-order valence-corrected chi connectivity index (χ0v) is 19.1. The van der Waals surface area contributed by atoms with Crippen LogP contribution < -0.4 is 10.6 Å². The Morgan fingerprint density at radius 2 is 1.77 bits per heavy atom.